The second-order valence-electron chi connectivity index (χ2n) is 6.22. The van der Waals surface area contributed by atoms with Crippen molar-refractivity contribution in [2.45, 2.75) is 6.92 Å². The molecule has 4 aromatic rings. The maximum Gasteiger partial charge on any atom is 0.272 e. The van der Waals surface area contributed by atoms with Crippen molar-refractivity contribution in [3.8, 4) is 11.3 Å². The van der Waals surface area contributed by atoms with Gasteiger partial charge >= 0.3 is 0 Å². The first kappa shape index (κ1) is 18.3. The van der Waals surface area contributed by atoms with Gasteiger partial charge in [-0.05, 0) is 42.1 Å². The summed E-state index contributed by atoms with van der Waals surface area (Å²) in [6.07, 6.45) is 1.66. The molecule has 0 saturated heterocycles. The Balaban J connectivity index is 1.73. The summed E-state index contributed by atoms with van der Waals surface area (Å²) in [5.41, 5.74) is 6.40. The monoisotopic (exact) mass is 405 g/mol. The molecule has 1 amide bonds. The van der Waals surface area contributed by atoms with Crippen molar-refractivity contribution in [2.75, 3.05) is 0 Å². The van der Waals surface area contributed by atoms with E-state index in [1.54, 1.807) is 29.7 Å². The average molecular weight is 406 g/mol. The van der Waals surface area contributed by atoms with Crippen LogP contribution >= 0.6 is 22.9 Å². The first-order valence-corrected chi connectivity index (χ1v) is 9.91. The molecule has 1 N–H and O–H groups in total. The van der Waals surface area contributed by atoms with Gasteiger partial charge in [-0.1, -0.05) is 48.0 Å². The lowest BCUT2D eigenvalue weighted by Gasteiger charge is -2.10. The normalized spacial score (nSPS) is 11.2. The molecular formula is C22H16ClN3OS. The first-order valence-electron chi connectivity index (χ1n) is 8.65. The van der Waals surface area contributed by atoms with Crippen molar-refractivity contribution in [3.63, 3.8) is 0 Å². The number of carbonyl (C=O) groups is 1. The number of amides is 1. The number of halogens is 1. The summed E-state index contributed by atoms with van der Waals surface area (Å²) in [4.78, 5) is 18.5. The minimum Gasteiger partial charge on any atom is -0.267 e. The van der Waals surface area contributed by atoms with E-state index >= 15 is 0 Å². The number of benzene rings is 2. The van der Waals surface area contributed by atoms with Gasteiger partial charge in [-0.2, -0.15) is 5.10 Å². The van der Waals surface area contributed by atoms with Gasteiger partial charge in [0.15, 0.2) is 0 Å². The Morgan fingerprint density at radius 1 is 1.14 bits per heavy atom. The van der Waals surface area contributed by atoms with Crippen LogP contribution in [0.3, 0.4) is 0 Å². The van der Waals surface area contributed by atoms with Crippen molar-refractivity contribution in [1.82, 2.24) is 10.4 Å². The standard InChI is InChI=1S/C22H16ClN3OS/c1-14-10-11-28-21(14)13-24-26-22(27)17-12-20(16-7-2-4-8-18(16)23)25-19-9-5-3-6-15(17)19/h2-13H,1H3,(H,26,27)/b24-13+. The summed E-state index contributed by atoms with van der Waals surface area (Å²) >= 11 is 7.91. The van der Waals surface area contributed by atoms with E-state index < -0.39 is 0 Å². The number of carbonyl (C=O) groups excluding carboxylic acids is 1. The lowest BCUT2D eigenvalue weighted by Crippen LogP contribution is -2.18. The molecule has 0 aliphatic carbocycles. The molecule has 6 heteroatoms. The maximum atomic E-state index is 12.9. The lowest BCUT2D eigenvalue weighted by atomic mass is 10.0. The van der Waals surface area contributed by atoms with Gasteiger partial charge in [-0.15, -0.1) is 11.3 Å². The fourth-order valence-corrected chi connectivity index (χ4v) is 3.92. The zero-order valence-electron chi connectivity index (χ0n) is 15.0. The van der Waals surface area contributed by atoms with Crippen LogP contribution in [0.5, 0.6) is 0 Å². The van der Waals surface area contributed by atoms with Gasteiger partial charge in [-0.3, -0.25) is 4.79 Å². The molecule has 2 aromatic heterocycles. The lowest BCUT2D eigenvalue weighted by molar-refractivity contribution is 0.0956. The summed E-state index contributed by atoms with van der Waals surface area (Å²) in [6.45, 7) is 2.01. The molecule has 0 fully saturated rings. The highest BCUT2D eigenvalue weighted by Gasteiger charge is 2.14. The number of hydrogen-bond acceptors (Lipinski definition) is 4. The van der Waals surface area contributed by atoms with Crippen LogP contribution in [0.2, 0.25) is 5.02 Å². The second kappa shape index (κ2) is 7.92. The smallest absolute Gasteiger partial charge is 0.267 e. The van der Waals surface area contributed by atoms with Crippen molar-refractivity contribution in [1.29, 1.82) is 0 Å². The van der Waals surface area contributed by atoms with E-state index in [2.05, 4.69) is 15.5 Å². The van der Waals surface area contributed by atoms with E-state index in [0.29, 0.717) is 16.3 Å². The van der Waals surface area contributed by atoms with E-state index in [9.17, 15) is 4.79 Å². The summed E-state index contributed by atoms with van der Waals surface area (Å²) in [5.74, 6) is -0.294. The average Bonchev–Trinajstić information content (AvgIpc) is 3.12. The third kappa shape index (κ3) is 3.67. The molecule has 0 radical (unpaired) electrons. The molecule has 0 aliphatic heterocycles. The van der Waals surface area contributed by atoms with Crippen molar-refractivity contribution < 1.29 is 4.79 Å². The summed E-state index contributed by atoms with van der Waals surface area (Å²) in [7, 11) is 0. The number of thiophene rings is 1. The predicted octanol–water partition coefficient (Wildman–Crippen LogP) is 5.69. The van der Waals surface area contributed by atoms with Crippen molar-refractivity contribution >= 4 is 46.0 Å². The van der Waals surface area contributed by atoms with Gasteiger partial charge in [0.1, 0.15) is 0 Å². The van der Waals surface area contributed by atoms with E-state index in [4.69, 9.17) is 11.6 Å². The zero-order valence-corrected chi connectivity index (χ0v) is 16.6. The van der Waals surface area contributed by atoms with Crippen molar-refractivity contribution in [2.24, 2.45) is 5.10 Å². The molecule has 0 bridgehead atoms. The van der Waals surface area contributed by atoms with Crippen LogP contribution in [0, 0.1) is 6.92 Å². The highest BCUT2D eigenvalue weighted by atomic mass is 35.5. The highest BCUT2D eigenvalue weighted by molar-refractivity contribution is 7.11. The number of hydrogen-bond donors (Lipinski definition) is 1. The van der Waals surface area contributed by atoms with Crippen molar-refractivity contribution in [3.05, 3.63) is 87.1 Å². The van der Waals surface area contributed by atoms with Gasteiger partial charge in [0.25, 0.3) is 5.91 Å². The van der Waals surface area contributed by atoms with E-state index in [0.717, 1.165) is 26.9 Å². The van der Waals surface area contributed by atoms with Crippen LogP contribution in [0.4, 0.5) is 0 Å². The molecule has 0 spiro atoms. The molecule has 0 unspecified atom stereocenters. The Hall–Kier alpha value is -3.02. The van der Waals surface area contributed by atoms with Crippen LogP contribution in [0.15, 0.2) is 71.1 Å². The number of aryl methyl sites for hydroxylation is 1. The minimum atomic E-state index is -0.294. The quantitative estimate of drug-likeness (QED) is 0.350. The Bertz CT molecular complexity index is 1200. The largest absolute Gasteiger partial charge is 0.272 e. The van der Waals surface area contributed by atoms with Crippen LogP contribution in [0.1, 0.15) is 20.8 Å². The molecule has 0 aliphatic rings. The molecule has 28 heavy (non-hydrogen) atoms. The number of pyridine rings is 1. The maximum absolute atomic E-state index is 12.9. The molecule has 138 valence electrons. The molecule has 4 rings (SSSR count). The third-order valence-corrected chi connectivity index (χ3v) is 5.64. The number of para-hydroxylation sites is 1. The van der Waals surface area contributed by atoms with Gasteiger partial charge in [0, 0.05) is 20.8 Å². The van der Waals surface area contributed by atoms with Gasteiger partial charge in [0.05, 0.1) is 23.0 Å². The fourth-order valence-electron chi connectivity index (χ4n) is 2.90. The SMILES string of the molecule is Cc1ccsc1/C=N/NC(=O)c1cc(-c2ccccc2Cl)nc2ccccc12. The minimum absolute atomic E-state index is 0.294. The number of aromatic nitrogens is 1. The van der Waals surface area contributed by atoms with Crippen LogP contribution < -0.4 is 5.43 Å². The molecule has 2 aromatic carbocycles. The molecular weight excluding hydrogens is 390 g/mol. The van der Waals surface area contributed by atoms with Crippen LogP contribution in [-0.4, -0.2) is 17.1 Å². The number of hydrazone groups is 1. The summed E-state index contributed by atoms with van der Waals surface area (Å²) in [5, 5.41) is 7.46. The zero-order chi connectivity index (χ0) is 19.5. The Morgan fingerprint density at radius 3 is 2.71 bits per heavy atom. The summed E-state index contributed by atoms with van der Waals surface area (Å²) in [6, 6.07) is 18.8. The summed E-state index contributed by atoms with van der Waals surface area (Å²) < 4.78 is 0. The number of nitrogens with one attached hydrogen (secondary N) is 1. The molecule has 0 atom stereocenters. The second-order valence-corrected chi connectivity index (χ2v) is 7.57. The van der Waals surface area contributed by atoms with Crippen LogP contribution in [-0.2, 0) is 0 Å². The number of rotatable bonds is 4. The van der Waals surface area contributed by atoms with Gasteiger partial charge in [0.2, 0.25) is 0 Å². The van der Waals surface area contributed by atoms with Gasteiger partial charge < -0.3 is 0 Å². The number of nitrogens with zero attached hydrogens (tertiary/aromatic N) is 2. The predicted molar refractivity (Wildman–Crippen MR) is 116 cm³/mol. The fraction of sp³-hybridized carbons (Fsp3) is 0.0455. The van der Waals surface area contributed by atoms with Gasteiger partial charge in [-0.25, -0.2) is 10.4 Å². The van der Waals surface area contributed by atoms with E-state index in [1.165, 1.54) is 0 Å². The molecule has 2 heterocycles. The topological polar surface area (TPSA) is 54.4 Å². The Morgan fingerprint density at radius 2 is 1.93 bits per heavy atom. The van der Waals surface area contributed by atoms with E-state index in [-0.39, 0.29) is 5.91 Å². The molecule has 0 saturated carbocycles. The first-order chi connectivity index (χ1) is 13.6. The number of fused-ring (bicyclic) bond motifs is 1. The van der Waals surface area contributed by atoms with E-state index in [1.807, 2.05) is 60.8 Å². The Kier molecular flexibility index (Phi) is 5.19. The third-order valence-electron chi connectivity index (χ3n) is 4.36. The Labute approximate surface area is 171 Å². The molecule has 4 nitrogen and oxygen atoms in total. The highest BCUT2D eigenvalue weighted by Crippen LogP contribution is 2.29. The van der Waals surface area contributed by atoms with Crippen LogP contribution in [0.25, 0.3) is 22.2 Å².